The molecular weight excluding hydrogens is 326 g/mol. The lowest BCUT2D eigenvalue weighted by atomic mass is 10.0. The van der Waals surface area contributed by atoms with Crippen LogP contribution in [0.5, 0.6) is 0 Å². The largest absolute Gasteiger partial charge is 0.372 e. The molecule has 134 valence electrons. The van der Waals surface area contributed by atoms with Crippen LogP contribution in [-0.4, -0.2) is 31.4 Å². The smallest absolute Gasteiger partial charge is 0.316 e. The van der Waals surface area contributed by atoms with E-state index in [-0.39, 0.29) is 0 Å². The highest BCUT2D eigenvalue weighted by Crippen LogP contribution is 2.27. The first kappa shape index (κ1) is 16.6. The van der Waals surface area contributed by atoms with Crippen molar-refractivity contribution in [3.05, 3.63) is 54.1 Å². The van der Waals surface area contributed by atoms with E-state index in [1.165, 1.54) is 12.8 Å². The molecule has 0 bridgehead atoms. The fourth-order valence-electron chi connectivity index (χ4n) is 3.78. The Morgan fingerprint density at radius 2 is 1.58 bits per heavy atom. The number of rotatable bonds is 2. The maximum atomic E-state index is 12.6. The second-order valence-electron chi connectivity index (χ2n) is 6.88. The highest BCUT2D eigenvalue weighted by molar-refractivity contribution is 6.44. The quantitative estimate of drug-likeness (QED) is 0.847. The first-order valence-electron chi connectivity index (χ1n) is 9.28. The molecule has 0 aliphatic carbocycles. The summed E-state index contributed by atoms with van der Waals surface area (Å²) in [6.45, 7) is 2.74. The lowest BCUT2D eigenvalue weighted by Crippen LogP contribution is -2.42. The van der Waals surface area contributed by atoms with Gasteiger partial charge >= 0.3 is 11.8 Å². The highest BCUT2D eigenvalue weighted by Gasteiger charge is 2.27. The number of hydrogen-bond donors (Lipinski definition) is 1. The van der Waals surface area contributed by atoms with Gasteiger partial charge < -0.3 is 15.1 Å². The fourth-order valence-corrected chi connectivity index (χ4v) is 3.78. The molecule has 5 nitrogen and oxygen atoms in total. The van der Waals surface area contributed by atoms with Gasteiger partial charge in [0.2, 0.25) is 0 Å². The van der Waals surface area contributed by atoms with Crippen molar-refractivity contribution in [2.75, 3.05) is 34.8 Å². The van der Waals surface area contributed by atoms with Crippen molar-refractivity contribution < 1.29 is 9.59 Å². The van der Waals surface area contributed by atoms with Crippen molar-refractivity contribution in [2.45, 2.75) is 25.7 Å². The summed E-state index contributed by atoms with van der Waals surface area (Å²) in [5.41, 5.74) is 3.78. The van der Waals surface area contributed by atoms with Gasteiger partial charge in [0.15, 0.2) is 0 Å². The lowest BCUT2D eigenvalue weighted by molar-refractivity contribution is -0.134. The molecule has 0 aromatic heterocycles. The molecule has 2 aromatic rings. The Morgan fingerprint density at radius 3 is 2.35 bits per heavy atom. The highest BCUT2D eigenvalue weighted by atomic mass is 16.2. The summed E-state index contributed by atoms with van der Waals surface area (Å²) in [6.07, 6.45) is 4.27. The van der Waals surface area contributed by atoms with E-state index >= 15 is 0 Å². The molecule has 1 N–H and O–H groups in total. The van der Waals surface area contributed by atoms with E-state index in [9.17, 15) is 9.59 Å². The fraction of sp³-hybridized carbons (Fsp3) is 0.333. The number of hydrogen-bond acceptors (Lipinski definition) is 3. The van der Waals surface area contributed by atoms with Crippen LogP contribution in [0.2, 0.25) is 0 Å². The van der Waals surface area contributed by atoms with Gasteiger partial charge in [-0.3, -0.25) is 9.59 Å². The van der Waals surface area contributed by atoms with Crippen LogP contribution < -0.4 is 15.1 Å². The van der Waals surface area contributed by atoms with Crippen molar-refractivity contribution in [3.8, 4) is 0 Å². The van der Waals surface area contributed by atoms with Crippen LogP contribution in [0.25, 0.3) is 0 Å². The van der Waals surface area contributed by atoms with Crippen LogP contribution in [0.4, 0.5) is 17.1 Å². The molecule has 2 heterocycles. The Bertz CT molecular complexity index is 810. The van der Waals surface area contributed by atoms with E-state index in [4.69, 9.17) is 0 Å². The van der Waals surface area contributed by atoms with Gasteiger partial charge in [0, 0.05) is 36.7 Å². The molecule has 0 atom stereocenters. The standard InChI is InChI=1S/C21H23N3O2/c25-20(21(26)24-15-5-7-16-6-1-2-8-19(16)24)22-17-9-11-18(12-10-17)23-13-3-4-14-23/h1-2,6,8-12H,3-5,7,13-15H2,(H,22,25). The van der Waals surface area contributed by atoms with Gasteiger partial charge in [0.25, 0.3) is 0 Å². The summed E-state index contributed by atoms with van der Waals surface area (Å²) < 4.78 is 0. The van der Waals surface area contributed by atoms with Crippen molar-refractivity contribution in [3.63, 3.8) is 0 Å². The SMILES string of the molecule is O=C(Nc1ccc(N2CCCC2)cc1)C(=O)N1CCCc2ccccc21. The van der Waals surface area contributed by atoms with Gasteiger partial charge in [-0.15, -0.1) is 0 Å². The van der Waals surface area contributed by atoms with Crippen LogP contribution in [-0.2, 0) is 16.0 Å². The zero-order chi connectivity index (χ0) is 17.9. The zero-order valence-electron chi connectivity index (χ0n) is 14.8. The van der Waals surface area contributed by atoms with Gasteiger partial charge in [-0.1, -0.05) is 18.2 Å². The Kier molecular flexibility index (Phi) is 4.61. The molecule has 0 radical (unpaired) electrons. The maximum Gasteiger partial charge on any atom is 0.316 e. The van der Waals surface area contributed by atoms with E-state index in [0.29, 0.717) is 12.2 Å². The minimum Gasteiger partial charge on any atom is -0.372 e. The Labute approximate surface area is 153 Å². The van der Waals surface area contributed by atoms with E-state index in [2.05, 4.69) is 10.2 Å². The normalized spacial score (nSPS) is 16.3. The minimum atomic E-state index is -0.587. The number of nitrogens with one attached hydrogen (secondary N) is 1. The summed E-state index contributed by atoms with van der Waals surface area (Å²) in [5, 5.41) is 2.74. The molecule has 1 fully saturated rings. The molecule has 2 amide bonds. The average Bonchev–Trinajstić information content (AvgIpc) is 3.22. The van der Waals surface area contributed by atoms with Gasteiger partial charge in [-0.05, 0) is 61.6 Å². The number of nitrogens with zero attached hydrogens (tertiary/aromatic N) is 2. The minimum absolute atomic E-state index is 0.499. The molecular formula is C21H23N3O2. The number of amides is 2. The monoisotopic (exact) mass is 349 g/mol. The third-order valence-corrected chi connectivity index (χ3v) is 5.15. The van der Waals surface area contributed by atoms with E-state index in [1.54, 1.807) is 4.90 Å². The van der Waals surface area contributed by atoms with Gasteiger partial charge in [-0.2, -0.15) is 0 Å². The molecule has 4 rings (SSSR count). The van der Waals surface area contributed by atoms with Crippen molar-refractivity contribution >= 4 is 28.9 Å². The summed E-state index contributed by atoms with van der Waals surface area (Å²) in [6, 6.07) is 15.5. The van der Waals surface area contributed by atoms with Crippen LogP contribution in [0.3, 0.4) is 0 Å². The molecule has 2 aromatic carbocycles. The lowest BCUT2D eigenvalue weighted by Gasteiger charge is -2.28. The van der Waals surface area contributed by atoms with Crippen LogP contribution in [0.1, 0.15) is 24.8 Å². The van der Waals surface area contributed by atoms with E-state index in [1.807, 2.05) is 48.5 Å². The molecule has 1 saturated heterocycles. The van der Waals surface area contributed by atoms with Crippen molar-refractivity contribution in [2.24, 2.45) is 0 Å². The Balaban J connectivity index is 1.44. The first-order valence-corrected chi connectivity index (χ1v) is 9.28. The van der Waals surface area contributed by atoms with Crippen molar-refractivity contribution in [1.29, 1.82) is 0 Å². The predicted molar refractivity (Wildman–Crippen MR) is 104 cm³/mol. The van der Waals surface area contributed by atoms with Crippen LogP contribution >= 0.6 is 0 Å². The zero-order valence-corrected chi connectivity index (χ0v) is 14.8. The molecule has 0 spiro atoms. The molecule has 5 heteroatoms. The first-order chi connectivity index (χ1) is 12.7. The summed E-state index contributed by atoms with van der Waals surface area (Å²) in [5.74, 6) is -1.09. The number of anilines is 3. The van der Waals surface area contributed by atoms with Gasteiger partial charge in [-0.25, -0.2) is 0 Å². The average molecular weight is 349 g/mol. The Hall–Kier alpha value is -2.82. The van der Waals surface area contributed by atoms with Crippen LogP contribution in [0.15, 0.2) is 48.5 Å². The number of carbonyl (C=O) groups is 2. The molecule has 2 aliphatic rings. The summed E-state index contributed by atoms with van der Waals surface area (Å²) in [4.78, 5) is 29.0. The second-order valence-corrected chi connectivity index (χ2v) is 6.88. The molecule has 26 heavy (non-hydrogen) atoms. The predicted octanol–water partition coefficient (Wildman–Crippen LogP) is 3.20. The molecule has 0 saturated carbocycles. The Morgan fingerprint density at radius 1 is 0.846 bits per heavy atom. The third-order valence-electron chi connectivity index (χ3n) is 5.15. The number of benzene rings is 2. The number of aryl methyl sites for hydroxylation is 1. The second kappa shape index (κ2) is 7.20. The van der Waals surface area contributed by atoms with E-state index in [0.717, 1.165) is 42.9 Å². The van der Waals surface area contributed by atoms with E-state index < -0.39 is 11.8 Å². The summed E-state index contributed by atoms with van der Waals surface area (Å²) >= 11 is 0. The third kappa shape index (κ3) is 3.29. The number of carbonyl (C=O) groups excluding carboxylic acids is 2. The summed E-state index contributed by atoms with van der Waals surface area (Å²) in [7, 11) is 0. The van der Waals surface area contributed by atoms with Crippen molar-refractivity contribution in [1.82, 2.24) is 0 Å². The molecule has 0 unspecified atom stereocenters. The van der Waals surface area contributed by atoms with Gasteiger partial charge in [0.05, 0.1) is 0 Å². The van der Waals surface area contributed by atoms with Crippen LogP contribution in [0, 0.1) is 0 Å². The van der Waals surface area contributed by atoms with Gasteiger partial charge in [0.1, 0.15) is 0 Å². The maximum absolute atomic E-state index is 12.6. The topological polar surface area (TPSA) is 52.7 Å². The number of fused-ring (bicyclic) bond motifs is 1. The molecule has 2 aliphatic heterocycles. The number of para-hydroxylation sites is 1.